The Kier molecular flexibility index (Phi) is 4.18. The maximum atomic E-state index is 13.2. The van der Waals surface area contributed by atoms with Gasteiger partial charge in [-0.25, -0.2) is 14.4 Å². The highest BCUT2D eigenvalue weighted by molar-refractivity contribution is 5.92. The summed E-state index contributed by atoms with van der Waals surface area (Å²) in [5.41, 5.74) is 1.87. The quantitative estimate of drug-likeness (QED) is 0.405. The minimum Gasteiger partial charge on any atom is -0.340 e. The van der Waals surface area contributed by atoms with Gasteiger partial charge >= 0.3 is 0 Å². The fourth-order valence-corrected chi connectivity index (χ4v) is 2.73. The van der Waals surface area contributed by atoms with Crippen molar-refractivity contribution in [1.29, 1.82) is 0 Å². The maximum Gasteiger partial charge on any atom is 0.270 e. The molecular weight excluding hydrogens is 347 g/mol. The van der Waals surface area contributed by atoms with E-state index in [0.29, 0.717) is 28.4 Å². The molecule has 3 aromatic carbocycles. The molecule has 7 heteroatoms. The predicted molar refractivity (Wildman–Crippen MR) is 101 cm³/mol. The molecular formula is C20H13FN4O2. The van der Waals surface area contributed by atoms with Gasteiger partial charge in [-0.15, -0.1) is 0 Å². The summed E-state index contributed by atoms with van der Waals surface area (Å²) >= 11 is 0. The molecule has 0 bridgehead atoms. The molecule has 0 spiro atoms. The summed E-state index contributed by atoms with van der Waals surface area (Å²) in [6.07, 6.45) is 0. The van der Waals surface area contributed by atoms with E-state index in [-0.39, 0.29) is 11.5 Å². The molecule has 0 aliphatic rings. The largest absolute Gasteiger partial charge is 0.340 e. The molecule has 0 radical (unpaired) electrons. The van der Waals surface area contributed by atoms with Crippen molar-refractivity contribution in [3.8, 4) is 11.4 Å². The fraction of sp³-hybridized carbons (Fsp3) is 0. The van der Waals surface area contributed by atoms with Gasteiger partial charge in [-0.3, -0.25) is 10.1 Å². The Balaban J connectivity index is 1.84. The Hall–Kier alpha value is -3.87. The third-order valence-corrected chi connectivity index (χ3v) is 4.03. The van der Waals surface area contributed by atoms with Crippen molar-refractivity contribution < 1.29 is 9.31 Å². The Bertz CT molecular complexity index is 1150. The lowest BCUT2D eigenvalue weighted by Crippen LogP contribution is -1.99. The van der Waals surface area contributed by atoms with Crippen molar-refractivity contribution >= 4 is 28.1 Å². The van der Waals surface area contributed by atoms with E-state index in [1.54, 1.807) is 24.3 Å². The normalized spacial score (nSPS) is 10.7. The van der Waals surface area contributed by atoms with Crippen LogP contribution in [0.2, 0.25) is 0 Å². The van der Waals surface area contributed by atoms with E-state index in [9.17, 15) is 14.5 Å². The van der Waals surface area contributed by atoms with Crippen LogP contribution in [0.3, 0.4) is 0 Å². The van der Waals surface area contributed by atoms with Crippen LogP contribution < -0.4 is 5.32 Å². The van der Waals surface area contributed by atoms with Gasteiger partial charge in [0.2, 0.25) is 0 Å². The van der Waals surface area contributed by atoms with E-state index in [1.807, 2.05) is 24.3 Å². The van der Waals surface area contributed by atoms with Crippen LogP contribution in [0.5, 0.6) is 0 Å². The first kappa shape index (κ1) is 16.6. The van der Waals surface area contributed by atoms with E-state index < -0.39 is 4.92 Å². The Morgan fingerprint density at radius 1 is 0.926 bits per heavy atom. The molecule has 4 aromatic rings. The second kappa shape index (κ2) is 6.80. The monoisotopic (exact) mass is 360 g/mol. The highest BCUT2D eigenvalue weighted by atomic mass is 19.1. The summed E-state index contributed by atoms with van der Waals surface area (Å²) in [4.78, 5) is 19.7. The van der Waals surface area contributed by atoms with Gasteiger partial charge in [0.05, 0.1) is 10.4 Å². The number of nitro benzene ring substituents is 1. The van der Waals surface area contributed by atoms with Crippen LogP contribution in [-0.4, -0.2) is 14.9 Å². The lowest BCUT2D eigenvalue weighted by atomic mass is 10.1. The Morgan fingerprint density at radius 2 is 1.70 bits per heavy atom. The molecule has 132 valence electrons. The number of nitro groups is 1. The van der Waals surface area contributed by atoms with Crippen LogP contribution in [-0.2, 0) is 0 Å². The highest BCUT2D eigenvalue weighted by Gasteiger charge is 2.13. The first-order valence-corrected chi connectivity index (χ1v) is 8.14. The summed E-state index contributed by atoms with van der Waals surface area (Å²) < 4.78 is 13.2. The van der Waals surface area contributed by atoms with Gasteiger partial charge in [-0.1, -0.05) is 24.3 Å². The molecule has 27 heavy (non-hydrogen) atoms. The topological polar surface area (TPSA) is 81.0 Å². The van der Waals surface area contributed by atoms with E-state index in [4.69, 9.17) is 0 Å². The number of para-hydroxylation sites is 1. The molecule has 4 rings (SSSR count). The first-order valence-electron chi connectivity index (χ1n) is 8.14. The third kappa shape index (κ3) is 3.43. The number of nitrogens with one attached hydrogen (secondary N) is 1. The number of hydrogen-bond acceptors (Lipinski definition) is 5. The number of halogens is 1. The van der Waals surface area contributed by atoms with Gasteiger partial charge in [0.1, 0.15) is 11.6 Å². The highest BCUT2D eigenvalue weighted by Crippen LogP contribution is 2.28. The minimum atomic E-state index is -0.456. The fourth-order valence-electron chi connectivity index (χ4n) is 2.73. The van der Waals surface area contributed by atoms with Gasteiger partial charge in [-0.05, 0) is 36.4 Å². The Labute approximate surface area is 153 Å². The van der Waals surface area contributed by atoms with Crippen LogP contribution >= 0.6 is 0 Å². The average Bonchev–Trinajstić information content (AvgIpc) is 2.69. The third-order valence-electron chi connectivity index (χ3n) is 4.03. The van der Waals surface area contributed by atoms with Crippen LogP contribution in [0.15, 0.2) is 72.8 Å². The average molecular weight is 360 g/mol. The zero-order chi connectivity index (χ0) is 18.8. The van der Waals surface area contributed by atoms with Crippen molar-refractivity contribution in [2.24, 2.45) is 0 Å². The molecule has 0 amide bonds. The molecule has 0 unspecified atom stereocenters. The summed E-state index contributed by atoms with van der Waals surface area (Å²) in [5.74, 6) is 0.570. The second-order valence-electron chi connectivity index (χ2n) is 5.85. The Morgan fingerprint density at radius 3 is 2.48 bits per heavy atom. The van der Waals surface area contributed by atoms with Crippen LogP contribution in [0.25, 0.3) is 22.3 Å². The van der Waals surface area contributed by atoms with Crippen molar-refractivity contribution in [1.82, 2.24) is 9.97 Å². The molecule has 0 aliphatic carbocycles. The molecule has 0 saturated heterocycles. The lowest BCUT2D eigenvalue weighted by molar-refractivity contribution is -0.384. The number of nitrogens with zero attached hydrogens (tertiary/aromatic N) is 3. The van der Waals surface area contributed by atoms with Crippen molar-refractivity contribution in [2.45, 2.75) is 0 Å². The number of non-ortho nitro benzene ring substituents is 1. The van der Waals surface area contributed by atoms with Crippen molar-refractivity contribution in [2.75, 3.05) is 5.32 Å². The number of fused-ring (bicyclic) bond motifs is 1. The SMILES string of the molecule is O=[N+]([O-])c1cccc(-c2nc(Nc3ccc(F)cc3)c3ccccc3n2)c1. The maximum absolute atomic E-state index is 13.2. The van der Waals surface area contributed by atoms with Gasteiger partial charge in [0, 0.05) is 28.8 Å². The molecule has 6 nitrogen and oxygen atoms in total. The van der Waals surface area contributed by atoms with Gasteiger partial charge < -0.3 is 5.32 Å². The zero-order valence-electron chi connectivity index (χ0n) is 14.0. The van der Waals surface area contributed by atoms with E-state index >= 15 is 0 Å². The van der Waals surface area contributed by atoms with Gasteiger partial charge in [0.15, 0.2) is 5.82 Å². The predicted octanol–water partition coefficient (Wildman–Crippen LogP) is 5.09. The van der Waals surface area contributed by atoms with E-state index in [1.165, 1.54) is 24.3 Å². The molecule has 1 aromatic heterocycles. The summed E-state index contributed by atoms with van der Waals surface area (Å²) in [6, 6.07) is 19.5. The number of hydrogen-bond donors (Lipinski definition) is 1. The van der Waals surface area contributed by atoms with Crippen LogP contribution in [0.1, 0.15) is 0 Å². The summed E-state index contributed by atoms with van der Waals surface area (Å²) in [6.45, 7) is 0. The second-order valence-corrected chi connectivity index (χ2v) is 5.85. The van der Waals surface area contributed by atoms with E-state index in [0.717, 1.165) is 5.39 Å². The zero-order valence-corrected chi connectivity index (χ0v) is 14.0. The molecule has 0 fully saturated rings. The van der Waals surface area contributed by atoms with Crippen molar-refractivity contribution in [3.63, 3.8) is 0 Å². The van der Waals surface area contributed by atoms with Gasteiger partial charge in [-0.2, -0.15) is 0 Å². The molecule has 1 heterocycles. The number of rotatable bonds is 4. The van der Waals surface area contributed by atoms with Crippen LogP contribution in [0.4, 0.5) is 21.6 Å². The number of benzene rings is 3. The lowest BCUT2D eigenvalue weighted by Gasteiger charge is -2.11. The molecule has 1 N–H and O–H groups in total. The smallest absolute Gasteiger partial charge is 0.270 e. The van der Waals surface area contributed by atoms with E-state index in [2.05, 4.69) is 15.3 Å². The standard InChI is InChI=1S/C20H13FN4O2/c21-14-8-10-15(11-9-14)22-20-17-6-1-2-7-18(17)23-19(24-20)13-4-3-5-16(12-13)25(26)27/h1-12H,(H,22,23,24). The molecule has 0 aliphatic heterocycles. The summed E-state index contributed by atoms with van der Waals surface area (Å²) in [5, 5.41) is 15.0. The molecule has 0 atom stereocenters. The molecule has 0 saturated carbocycles. The first-order chi connectivity index (χ1) is 13.1. The van der Waals surface area contributed by atoms with Gasteiger partial charge in [0.25, 0.3) is 5.69 Å². The van der Waals surface area contributed by atoms with Crippen LogP contribution in [0, 0.1) is 15.9 Å². The minimum absolute atomic E-state index is 0.0303. The van der Waals surface area contributed by atoms with Crippen molar-refractivity contribution in [3.05, 3.63) is 88.7 Å². The number of aromatic nitrogens is 2. The summed E-state index contributed by atoms with van der Waals surface area (Å²) in [7, 11) is 0. The number of anilines is 2.